The molecule has 9 heteroatoms. The zero-order valence-corrected chi connectivity index (χ0v) is 20.5. The number of hydrogen-bond acceptors (Lipinski definition) is 8. The third-order valence-electron chi connectivity index (χ3n) is 6.30. The first-order valence-corrected chi connectivity index (χ1v) is 13.1. The molecule has 0 unspecified atom stereocenters. The fourth-order valence-electron chi connectivity index (χ4n) is 4.44. The molecule has 1 atom stereocenters. The first-order chi connectivity index (χ1) is 17.6. The Kier molecular flexibility index (Phi) is 7.46. The van der Waals surface area contributed by atoms with E-state index < -0.39 is 30.5 Å². The van der Waals surface area contributed by atoms with Crippen LogP contribution in [0.2, 0.25) is 0 Å². The van der Waals surface area contributed by atoms with Gasteiger partial charge in [0.1, 0.15) is 12.2 Å². The van der Waals surface area contributed by atoms with E-state index in [9.17, 15) is 14.4 Å². The normalized spacial score (nSPS) is 17.5. The van der Waals surface area contributed by atoms with Gasteiger partial charge in [-0.25, -0.2) is 4.79 Å². The molecule has 1 saturated carbocycles. The van der Waals surface area contributed by atoms with E-state index in [1.54, 1.807) is 30.3 Å². The largest absolute Gasteiger partial charge is 0.485 e. The van der Waals surface area contributed by atoms with Crippen molar-refractivity contribution in [2.45, 2.75) is 49.2 Å². The molecule has 1 aromatic heterocycles. The van der Waals surface area contributed by atoms with Gasteiger partial charge in [0.25, 0.3) is 11.8 Å². The Morgan fingerprint density at radius 1 is 0.972 bits per heavy atom. The van der Waals surface area contributed by atoms with Crippen LogP contribution in [0.15, 0.2) is 52.9 Å². The number of esters is 1. The van der Waals surface area contributed by atoms with Crippen molar-refractivity contribution in [1.29, 1.82) is 0 Å². The van der Waals surface area contributed by atoms with Gasteiger partial charge >= 0.3 is 5.97 Å². The van der Waals surface area contributed by atoms with Gasteiger partial charge < -0.3 is 18.6 Å². The molecule has 3 aromatic rings. The molecule has 1 aliphatic carbocycles. The summed E-state index contributed by atoms with van der Waals surface area (Å²) in [5, 5.41) is 3.63. The Balaban J connectivity index is 1.19. The van der Waals surface area contributed by atoms with Crippen LogP contribution in [-0.2, 0) is 20.1 Å². The van der Waals surface area contributed by atoms with Crippen molar-refractivity contribution in [2.24, 2.45) is 0 Å². The maximum absolute atomic E-state index is 12.9. The molecule has 1 aliphatic heterocycles. The average molecular weight is 510 g/mol. The second-order valence-electron chi connectivity index (χ2n) is 8.83. The molecule has 0 spiro atoms. The van der Waals surface area contributed by atoms with Crippen molar-refractivity contribution in [3.63, 3.8) is 0 Å². The Bertz CT molecular complexity index is 1260. The smallest absolute Gasteiger partial charge is 0.375 e. The number of rotatable bonds is 7. The van der Waals surface area contributed by atoms with E-state index in [1.807, 2.05) is 30.0 Å². The van der Waals surface area contributed by atoms with Gasteiger partial charge in [-0.15, -0.1) is 0 Å². The number of fused-ring (bicyclic) bond motifs is 2. The van der Waals surface area contributed by atoms with Crippen molar-refractivity contribution in [3.05, 3.63) is 59.9 Å². The van der Waals surface area contributed by atoms with Crippen molar-refractivity contribution in [2.75, 3.05) is 13.2 Å². The third-order valence-corrected chi connectivity index (χ3v) is 7.70. The molecular weight excluding hydrogens is 482 g/mol. The number of thioether (sulfide) groups is 1. The zero-order chi connectivity index (χ0) is 24.9. The molecule has 2 aliphatic rings. The quantitative estimate of drug-likeness (QED) is 0.460. The SMILES string of the molecule is O=C(COC(=O)c1oc2ccccc2c1CSC1CCCCC1)NC(=O)[C@H]1COc2ccccc2O1. The molecule has 2 amide bonds. The summed E-state index contributed by atoms with van der Waals surface area (Å²) in [6.07, 6.45) is 5.11. The van der Waals surface area contributed by atoms with Crippen LogP contribution in [0.5, 0.6) is 11.5 Å². The van der Waals surface area contributed by atoms with Gasteiger partial charge in [-0.1, -0.05) is 49.6 Å². The number of amides is 2. The number of nitrogens with one attached hydrogen (secondary N) is 1. The average Bonchev–Trinajstić information content (AvgIpc) is 3.29. The molecule has 1 fully saturated rings. The number of benzene rings is 2. The minimum absolute atomic E-state index is 0.0308. The van der Waals surface area contributed by atoms with Crippen LogP contribution in [0, 0.1) is 0 Å². The summed E-state index contributed by atoms with van der Waals surface area (Å²) >= 11 is 1.83. The van der Waals surface area contributed by atoms with Crippen molar-refractivity contribution in [3.8, 4) is 11.5 Å². The van der Waals surface area contributed by atoms with E-state index >= 15 is 0 Å². The molecule has 2 aromatic carbocycles. The number of carbonyl (C=O) groups excluding carboxylic acids is 3. The minimum Gasteiger partial charge on any atom is -0.485 e. The molecule has 1 N–H and O–H groups in total. The summed E-state index contributed by atoms with van der Waals surface area (Å²) in [5.41, 5.74) is 1.37. The first kappa shape index (κ1) is 24.2. The predicted molar refractivity (Wildman–Crippen MR) is 134 cm³/mol. The number of hydrogen-bond donors (Lipinski definition) is 1. The lowest BCUT2D eigenvalue weighted by atomic mass is 10.0. The van der Waals surface area contributed by atoms with E-state index in [0.717, 1.165) is 10.9 Å². The van der Waals surface area contributed by atoms with Crippen LogP contribution >= 0.6 is 11.8 Å². The van der Waals surface area contributed by atoms with Crippen molar-refractivity contribution in [1.82, 2.24) is 5.32 Å². The lowest BCUT2D eigenvalue weighted by Gasteiger charge is -2.25. The highest BCUT2D eigenvalue weighted by Gasteiger charge is 2.29. The Labute approximate surface area is 212 Å². The molecule has 188 valence electrons. The highest BCUT2D eigenvalue weighted by atomic mass is 32.2. The van der Waals surface area contributed by atoms with Gasteiger partial charge in [-0.3, -0.25) is 14.9 Å². The molecule has 36 heavy (non-hydrogen) atoms. The van der Waals surface area contributed by atoms with Crippen LogP contribution in [0.3, 0.4) is 0 Å². The van der Waals surface area contributed by atoms with Gasteiger partial charge in [-0.05, 0) is 31.0 Å². The van der Waals surface area contributed by atoms with Gasteiger partial charge in [0.2, 0.25) is 11.9 Å². The summed E-state index contributed by atoms with van der Waals surface area (Å²) in [4.78, 5) is 37.6. The summed E-state index contributed by atoms with van der Waals surface area (Å²) in [6, 6.07) is 14.4. The van der Waals surface area contributed by atoms with E-state index in [2.05, 4.69) is 5.32 Å². The molecule has 0 bridgehead atoms. The number of para-hydroxylation sites is 3. The fraction of sp³-hybridized carbons (Fsp3) is 0.370. The Morgan fingerprint density at radius 2 is 1.72 bits per heavy atom. The van der Waals surface area contributed by atoms with Crippen LogP contribution in [0.25, 0.3) is 11.0 Å². The summed E-state index contributed by atoms with van der Waals surface area (Å²) in [6.45, 7) is -0.655. The summed E-state index contributed by atoms with van der Waals surface area (Å²) in [7, 11) is 0. The van der Waals surface area contributed by atoms with Crippen molar-refractivity contribution < 1.29 is 33.0 Å². The predicted octanol–water partition coefficient (Wildman–Crippen LogP) is 4.64. The van der Waals surface area contributed by atoms with Gasteiger partial charge in [0.05, 0.1) is 0 Å². The number of furan rings is 1. The number of imide groups is 1. The van der Waals surface area contributed by atoms with Gasteiger partial charge in [0.15, 0.2) is 18.1 Å². The summed E-state index contributed by atoms with van der Waals surface area (Å²) < 4.78 is 22.1. The molecule has 8 nitrogen and oxygen atoms in total. The summed E-state index contributed by atoms with van der Waals surface area (Å²) in [5.74, 6) is -0.490. The standard InChI is InChI=1S/C27H27NO7S/c29-24(28-26(30)23-14-32-21-12-6-7-13-22(21)34-23)15-33-27(31)25-19(16-36-17-8-2-1-3-9-17)18-10-4-5-11-20(18)35-25/h4-7,10-13,17,23H,1-3,8-9,14-16H2,(H,28,29,30)/t23-/m1/s1. The first-order valence-electron chi connectivity index (χ1n) is 12.1. The van der Waals surface area contributed by atoms with Crippen molar-refractivity contribution >= 4 is 40.5 Å². The molecule has 2 heterocycles. The second-order valence-corrected chi connectivity index (χ2v) is 10.1. The number of carbonyl (C=O) groups is 3. The molecular formula is C27H27NO7S. The zero-order valence-electron chi connectivity index (χ0n) is 19.7. The van der Waals surface area contributed by atoms with E-state index in [-0.39, 0.29) is 12.4 Å². The van der Waals surface area contributed by atoms with Crippen LogP contribution in [-0.4, -0.2) is 42.4 Å². The Morgan fingerprint density at radius 3 is 2.56 bits per heavy atom. The minimum atomic E-state index is -0.988. The third kappa shape index (κ3) is 5.51. The molecule has 0 saturated heterocycles. The van der Waals surface area contributed by atoms with E-state index in [0.29, 0.717) is 28.1 Å². The molecule has 5 rings (SSSR count). The lowest BCUT2D eigenvalue weighted by Crippen LogP contribution is -2.47. The van der Waals surface area contributed by atoms with E-state index in [4.69, 9.17) is 18.6 Å². The Hall–Kier alpha value is -3.46. The topological polar surface area (TPSA) is 104 Å². The fourth-order valence-corrected chi connectivity index (χ4v) is 5.79. The lowest BCUT2D eigenvalue weighted by molar-refractivity contribution is -0.137. The van der Waals surface area contributed by atoms with Gasteiger partial charge in [-0.2, -0.15) is 11.8 Å². The maximum atomic E-state index is 12.9. The van der Waals surface area contributed by atoms with Gasteiger partial charge in [0, 0.05) is 22.0 Å². The van der Waals surface area contributed by atoms with E-state index in [1.165, 1.54) is 32.1 Å². The van der Waals surface area contributed by atoms with Crippen LogP contribution < -0.4 is 14.8 Å². The van der Waals surface area contributed by atoms with Crippen LogP contribution in [0.4, 0.5) is 0 Å². The van der Waals surface area contributed by atoms with Crippen LogP contribution in [0.1, 0.15) is 48.2 Å². The monoisotopic (exact) mass is 509 g/mol. The highest BCUT2D eigenvalue weighted by molar-refractivity contribution is 7.99. The highest BCUT2D eigenvalue weighted by Crippen LogP contribution is 2.35. The second kappa shape index (κ2) is 11.1. The molecule has 0 radical (unpaired) electrons. The maximum Gasteiger partial charge on any atom is 0.375 e. The number of ether oxygens (including phenoxy) is 3.